The fourth-order valence-electron chi connectivity index (χ4n) is 1.72. The molecular weight excluding hydrogens is 242 g/mol. The van der Waals surface area contributed by atoms with E-state index in [1.54, 1.807) is 0 Å². The van der Waals surface area contributed by atoms with E-state index < -0.39 is 0 Å². The maximum Gasteiger partial charge on any atom is 0.249 e. The first-order valence-electron chi connectivity index (χ1n) is 6.39. The van der Waals surface area contributed by atoms with E-state index in [0.29, 0.717) is 18.1 Å². The van der Waals surface area contributed by atoms with Crippen molar-refractivity contribution < 1.29 is 9.32 Å². The molecule has 1 heterocycles. The van der Waals surface area contributed by atoms with Gasteiger partial charge in [0.1, 0.15) is 6.04 Å². The lowest BCUT2D eigenvalue weighted by atomic mass is 10.2. The monoisotopic (exact) mass is 259 g/mol. The zero-order chi connectivity index (χ0) is 13.7. The lowest BCUT2D eigenvalue weighted by Crippen LogP contribution is -2.26. The fraction of sp³-hybridized carbons (Fsp3) is 0.357. The highest BCUT2D eigenvalue weighted by atomic mass is 16.5. The number of carbonyl (C=O) groups excluding carboxylic acids is 1. The summed E-state index contributed by atoms with van der Waals surface area (Å²) in [6, 6.07) is 9.31. The molecule has 0 spiro atoms. The van der Waals surface area contributed by atoms with Crippen molar-refractivity contribution in [1.29, 1.82) is 0 Å². The van der Waals surface area contributed by atoms with Gasteiger partial charge in [-0.25, -0.2) is 0 Å². The Morgan fingerprint density at radius 2 is 2.11 bits per heavy atom. The summed E-state index contributed by atoms with van der Waals surface area (Å²) in [4.78, 5) is 15.8. The Bertz CT molecular complexity index is 537. The van der Waals surface area contributed by atoms with Crippen molar-refractivity contribution in [1.82, 2.24) is 15.5 Å². The van der Waals surface area contributed by atoms with Crippen molar-refractivity contribution >= 4 is 5.91 Å². The quantitative estimate of drug-likeness (QED) is 0.896. The Balaban J connectivity index is 2.07. The fourth-order valence-corrected chi connectivity index (χ4v) is 1.72. The molecule has 0 fully saturated rings. The summed E-state index contributed by atoms with van der Waals surface area (Å²) in [7, 11) is 0. The first-order chi connectivity index (χ1) is 9.20. The van der Waals surface area contributed by atoms with E-state index in [2.05, 4.69) is 15.5 Å². The van der Waals surface area contributed by atoms with E-state index in [4.69, 9.17) is 4.52 Å². The largest absolute Gasteiger partial charge is 0.345 e. The van der Waals surface area contributed by atoms with Crippen molar-refractivity contribution in [2.24, 2.45) is 0 Å². The van der Waals surface area contributed by atoms with Crippen LogP contribution < -0.4 is 5.32 Å². The van der Waals surface area contributed by atoms with Crippen LogP contribution in [-0.2, 0) is 4.79 Å². The molecule has 1 amide bonds. The molecule has 1 aromatic carbocycles. The predicted octanol–water partition coefficient (Wildman–Crippen LogP) is 2.71. The summed E-state index contributed by atoms with van der Waals surface area (Å²) in [5, 5.41) is 6.75. The van der Waals surface area contributed by atoms with Gasteiger partial charge in [-0.2, -0.15) is 4.98 Å². The number of hydrogen-bond donors (Lipinski definition) is 1. The van der Waals surface area contributed by atoms with Crippen molar-refractivity contribution in [2.45, 2.75) is 32.7 Å². The smallest absolute Gasteiger partial charge is 0.249 e. The number of aromatic nitrogens is 2. The van der Waals surface area contributed by atoms with E-state index in [9.17, 15) is 4.79 Å². The molecule has 0 aliphatic carbocycles. The lowest BCUT2D eigenvalue weighted by Gasteiger charge is -2.08. The summed E-state index contributed by atoms with van der Waals surface area (Å²) in [5.41, 5.74) is 0.893. The molecule has 1 aromatic heterocycles. The van der Waals surface area contributed by atoms with E-state index in [1.165, 1.54) is 0 Å². The topological polar surface area (TPSA) is 68.0 Å². The SMILES string of the molecule is CCCC(=O)N[C@H](C)c1nc(-c2ccccc2)no1. The summed E-state index contributed by atoms with van der Waals surface area (Å²) >= 11 is 0. The molecule has 0 radical (unpaired) electrons. The molecule has 0 bridgehead atoms. The molecule has 1 N–H and O–H groups in total. The van der Waals surface area contributed by atoms with Crippen LogP contribution in [0.5, 0.6) is 0 Å². The maximum absolute atomic E-state index is 11.5. The van der Waals surface area contributed by atoms with Gasteiger partial charge in [0.25, 0.3) is 0 Å². The van der Waals surface area contributed by atoms with Gasteiger partial charge in [-0.3, -0.25) is 4.79 Å². The van der Waals surface area contributed by atoms with Crippen molar-refractivity contribution in [3.8, 4) is 11.4 Å². The second-order valence-electron chi connectivity index (χ2n) is 4.36. The summed E-state index contributed by atoms with van der Waals surface area (Å²) in [5.74, 6) is 0.949. The average molecular weight is 259 g/mol. The third-order valence-electron chi connectivity index (χ3n) is 2.70. The van der Waals surface area contributed by atoms with Gasteiger partial charge >= 0.3 is 0 Å². The number of carbonyl (C=O) groups is 1. The van der Waals surface area contributed by atoms with Crippen LogP contribution in [0.4, 0.5) is 0 Å². The highest BCUT2D eigenvalue weighted by Gasteiger charge is 2.16. The summed E-state index contributed by atoms with van der Waals surface area (Å²) in [6.45, 7) is 3.79. The molecule has 0 saturated heterocycles. The molecular formula is C14H17N3O2. The maximum atomic E-state index is 11.5. The Morgan fingerprint density at radius 1 is 1.37 bits per heavy atom. The van der Waals surface area contributed by atoms with Crippen molar-refractivity contribution in [2.75, 3.05) is 0 Å². The van der Waals surface area contributed by atoms with E-state index in [1.807, 2.05) is 44.2 Å². The second kappa shape index (κ2) is 6.13. The molecule has 100 valence electrons. The minimum Gasteiger partial charge on any atom is -0.345 e. The van der Waals surface area contributed by atoms with E-state index >= 15 is 0 Å². The number of nitrogens with one attached hydrogen (secondary N) is 1. The summed E-state index contributed by atoms with van der Waals surface area (Å²) in [6.07, 6.45) is 1.32. The minimum atomic E-state index is -0.274. The van der Waals surface area contributed by atoms with Crippen molar-refractivity contribution in [3.05, 3.63) is 36.2 Å². The molecule has 0 unspecified atom stereocenters. The number of hydrogen-bond acceptors (Lipinski definition) is 4. The van der Waals surface area contributed by atoms with Gasteiger partial charge in [-0.1, -0.05) is 42.4 Å². The highest BCUT2D eigenvalue weighted by Crippen LogP contribution is 2.18. The average Bonchev–Trinajstić information content (AvgIpc) is 2.89. The van der Waals surface area contributed by atoms with Gasteiger partial charge in [0.15, 0.2) is 0 Å². The van der Waals surface area contributed by atoms with Crippen LogP contribution in [0.25, 0.3) is 11.4 Å². The molecule has 2 rings (SSSR count). The van der Waals surface area contributed by atoms with E-state index in [-0.39, 0.29) is 11.9 Å². The van der Waals surface area contributed by atoms with Gasteiger partial charge in [0.05, 0.1) is 0 Å². The third-order valence-corrected chi connectivity index (χ3v) is 2.70. The van der Waals surface area contributed by atoms with Gasteiger partial charge in [-0.05, 0) is 13.3 Å². The van der Waals surface area contributed by atoms with Gasteiger partial charge in [0.2, 0.25) is 17.6 Å². The third kappa shape index (κ3) is 3.40. The second-order valence-corrected chi connectivity index (χ2v) is 4.36. The van der Waals surface area contributed by atoms with E-state index in [0.717, 1.165) is 12.0 Å². The van der Waals surface area contributed by atoms with Gasteiger partial charge < -0.3 is 9.84 Å². The number of rotatable bonds is 5. The standard InChI is InChI=1S/C14H17N3O2/c1-3-7-12(18)15-10(2)14-16-13(17-19-14)11-8-5-4-6-9-11/h4-6,8-10H,3,7H2,1-2H3,(H,15,18)/t10-/m1/s1. The molecule has 19 heavy (non-hydrogen) atoms. The zero-order valence-corrected chi connectivity index (χ0v) is 11.1. The molecule has 5 heteroatoms. The molecule has 0 aliphatic rings. The van der Waals surface area contributed by atoms with Crippen LogP contribution in [0, 0.1) is 0 Å². The van der Waals surface area contributed by atoms with Crippen LogP contribution in [0.3, 0.4) is 0 Å². The highest BCUT2D eigenvalue weighted by molar-refractivity contribution is 5.76. The van der Waals surface area contributed by atoms with Crippen LogP contribution in [-0.4, -0.2) is 16.0 Å². The normalized spacial score (nSPS) is 12.1. The lowest BCUT2D eigenvalue weighted by molar-refractivity contribution is -0.121. The first kappa shape index (κ1) is 13.3. The number of nitrogens with zero attached hydrogens (tertiary/aromatic N) is 2. The Hall–Kier alpha value is -2.17. The Kier molecular flexibility index (Phi) is 4.28. The predicted molar refractivity (Wildman–Crippen MR) is 71.2 cm³/mol. The van der Waals surface area contributed by atoms with Crippen LogP contribution in [0.1, 0.15) is 38.6 Å². The molecule has 5 nitrogen and oxygen atoms in total. The molecule has 1 atom stereocenters. The molecule has 0 aliphatic heterocycles. The molecule has 0 saturated carbocycles. The summed E-state index contributed by atoms with van der Waals surface area (Å²) < 4.78 is 5.18. The zero-order valence-electron chi connectivity index (χ0n) is 11.1. The van der Waals surface area contributed by atoms with Crippen LogP contribution in [0.15, 0.2) is 34.9 Å². The Morgan fingerprint density at radius 3 is 2.79 bits per heavy atom. The van der Waals surface area contributed by atoms with Crippen LogP contribution >= 0.6 is 0 Å². The minimum absolute atomic E-state index is 0.00513. The van der Waals surface area contributed by atoms with Gasteiger partial charge in [-0.15, -0.1) is 0 Å². The number of amides is 1. The first-order valence-corrected chi connectivity index (χ1v) is 6.39. The van der Waals surface area contributed by atoms with Gasteiger partial charge in [0, 0.05) is 12.0 Å². The number of benzene rings is 1. The molecule has 2 aromatic rings. The van der Waals surface area contributed by atoms with Crippen molar-refractivity contribution in [3.63, 3.8) is 0 Å². The van der Waals surface area contributed by atoms with Crippen LogP contribution in [0.2, 0.25) is 0 Å². The Labute approximate surface area is 112 Å².